The van der Waals surface area contributed by atoms with E-state index in [-0.39, 0.29) is 16.9 Å². The summed E-state index contributed by atoms with van der Waals surface area (Å²) in [6, 6.07) is 13.9. The summed E-state index contributed by atoms with van der Waals surface area (Å²) in [6.45, 7) is 4.11. The first-order chi connectivity index (χ1) is 13.2. The molecule has 2 aromatic rings. The second kappa shape index (κ2) is 7.40. The third-order valence-electron chi connectivity index (χ3n) is 5.53. The molecule has 0 amide bonds. The molecule has 1 fully saturated rings. The second-order valence-electron chi connectivity index (χ2n) is 7.05. The highest BCUT2D eigenvalue weighted by Gasteiger charge is 2.44. The van der Waals surface area contributed by atoms with Gasteiger partial charge in [0.15, 0.2) is 11.5 Å². The average molecular weight is 367 g/mol. The van der Waals surface area contributed by atoms with Crippen molar-refractivity contribution in [1.82, 2.24) is 4.90 Å². The van der Waals surface area contributed by atoms with Gasteiger partial charge in [-0.25, -0.2) is 0 Å². The Kier molecular flexibility index (Phi) is 4.81. The maximum Gasteiger partial charge on any atom is 0.298 e. The molecule has 2 aliphatic heterocycles. The van der Waals surface area contributed by atoms with Crippen LogP contribution in [-0.2, 0) is 21.5 Å². The van der Waals surface area contributed by atoms with Gasteiger partial charge < -0.3 is 14.2 Å². The Hall–Kier alpha value is -2.86. The van der Waals surface area contributed by atoms with E-state index in [0.717, 1.165) is 38.0 Å². The van der Waals surface area contributed by atoms with E-state index >= 15 is 0 Å². The van der Waals surface area contributed by atoms with Gasteiger partial charge in [-0.3, -0.25) is 14.5 Å². The van der Waals surface area contributed by atoms with Crippen LogP contribution in [-0.4, -0.2) is 37.5 Å². The van der Waals surface area contributed by atoms with Crippen LogP contribution < -0.4 is 14.2 Å². The third-order valence-corrected chi connectivity index (χ3v) is 5.53. The Morgan fingerprint density at radius 1 is 1.00 bits per heavy atom. The smallest absolute Gasteiger partial charge is 0.298 e. The van der Waals surface area contributed by atoms with E-state index in [1.54, 1.807) is 12.1 Å². The van der Waals surface area contributed by atoms with Crippen LogP contribution in [0.4, 0.5) is 0 Å². The van der Waals surface area contributed by atoms with Crippen LogP contribution in [0, 0.1) is 0 Å². The Morgan fingerprint density at radius 2 is 1.67 bits per heavy atom. The highest BCUT2D eigenvalue weighted by molar-refractivity contribution is 5.61. The Morgan fingerprint density at radius 3 is 2.33 bits per heavy atom. The number of fused-ring (bicyclic) bond motifs is 2. The van der Waals surface area contributed by atoms with E-state index < -0.39 is 0 Å². The molecule has 6 nitrogen and oxygen atoms in total. The predicted molar refractivity (Wildman–Crippen MR) is 98.0 cm³/mol. The lowest BCUT2D eigenvalue weighted by Gasteiger charge is -2.38. The zero-order valence-electron chi connectivity index (χ0n) is 14.9. The molecular formula is C21H21NO5. The Balaban J connectivity index is 1.53. The molecule has 6 heteroatoms. The molecule has 0 aromatic heterocycles. The van der Waals surface area contributed by atoms with Gasteiger partial charge in [-0.05, 0) is 37.6 Å². The van der Waals surface area contributed by atoms with Crippen molar-refractivity contribution in [2.24, 2.45) is 0 Å². The van der Waals surface area contributed by atoms with E-state index in [1.807, 2.05) is 6.07 Å². The maximum absolute atomic E-state index is 10.8. The van der Waals surface area contributed by atoms with Gasteiger partial charge in [-0.1, -0.05) is 30.3 Å². The SMILES string of the molecule is O=COc1cc2c(cc1OC=O)C1(CCN(Cc3ccccc3)CC1)CO2. The first-order valence-electron chi connectivity index (χ1n) is 9.02. The lowest BCUT2D eigenvalue weighted by molar-refractivity contribution is -0.123. The zero-order valence-corrected chi connectivity index (χ0v) is 14.9. The van der Waals surface area contributed by atoms with Crippen LogP contribution in [0.3, 0.4) is 0 Å². The van der Waals surface area contributed by atoms with Gasteiger partial charge in [0, 0.05) is 23.6 Å². The normalized spacial score (nSPS) is 17.8. The molecular weight excluding hydrogens is 346 g/mol. The molecule has 1 spiro atoms. The van der Waals surface area contributed by atoms with Crippen molar-refractivity contribution in [3.8, 4) is 17.2 Å². The van der Waals surface area contributed by atoms with Crippen molar-refractivity contribution >= 4 is 12.9 Å². The number of carbonyl (C=O) groups excluding carboxylic acids is 2. The fourth-order valence-corrected chi connectivity index (χ4v) is 4.05. The summed E-state index contributed by atoms with van der Waals surface area (Å²) in [5, 5.41) is 0. The standard InChI is InChI=1S/C21H21NO5/c23-14-26-19-10-17-18(11-20(19)27-15-24)25-13-21(17)6-8-22(9-7-21)12-16-4-2-1-3-5-16/h1-5,10-11,14-15H,6-9,12-13H2. The quantitative estimate of drug-likeness (QED) is 0.732. The molecule has 2 aliphatic rings. The number of hydrogen-bond donors (Lipinski definition) is 0. The Bertz CT molecular complexity index is 828. The van der Waals surface area contributed by atoms with Gasteiger partial charge in [-0.2, -0.15) is 0 Å². The highest BCUT2D eigenvalue weighted by Crippen LogP contribution is 2.49. The van der Waals surface area contributed by atoms with Crippen molar-refractivity contribution < 1.29 is 23.8 Å². The summed E-state index contributed by atoms with van der Waals surface area (Å²) in [5.41, 5.74) is 2.24. The van der Waals surface area contributed by atoms with Crippen molar-refractivity contribution in [3.63, 3.8) is 0 Å². The van der Waals surface area contributed by atoms with Crippen molar-refractivity contribution in [2.75, 3.05) is 19.7 Å². The number of rotatable bonds is 6. The Labute approximate surface area is 157 Å². The van der Waals surface area contributed by atoms with Gasteiger partial charge in [0.2, 0.25) is 0 Å². The lowest BCUT2D eigenvalue weighted by atomic mass is 9.74. The van der Waals surface area contributed by atoms with Crippen LogP contribution >= 0.6 is 0 Å². The topological polar surface area (TPSA) is 65.1 Å². The van der Waals surface area contributed by atoms with Crippen LogP contribution in [0.5, 0.6) is 17.2 Å². The first kappa shape index (κ1) is 17.5. The van der Waals surface area contributed by atoms with Crippen LogP contribution in [0.15, 0.2) is 42.5 Å². The monoisotopic (exact) mass is 367 g/mol. The van der Waals surface area contributed by atoms with Gasteiger partial charge in [0.05, 0.1) is 6.61 Å². The molecule has 4 rings (SSSR count). The number of ether oxygens (including phenoxy) is 3. The van der Waals surface area contributed by atoms with Crippen molar-refractivity contribution in [1.29, 1.82) is 0 Å². The molecule has 1 saturated heterocycles. The number of piperidine rings is 1. The molecule has 2 heterocycles. The zero-order chi connectivity index (χ0) is 18.7. The molecule has 0 radical (unpaired) electrons. The number of nitrogens with zero attached hydrogens (tertiary/aromatic N) is 1. The number of likely N-dealkylation sites (tertiary alicyclic amines) is 1. The summed E-state index contributed by atoms with van der Waals surface area (Å²) in [5.74, 6) is 1.13. The fraction of sp³-hybridized carbons (Fsp3) is 0.333. The van der Waals surface area contributed by atoms with Gasteiger partial charge in [0.25, 0.3) is 12.9 Å². The minimum absolute atomic E-state index is 0.0940. The van der Waals surface area contributed by atoms with E-state index in [1.165, 1.54) is 5.56 Å². The van der Waals surface area contributed by atoms with Crippen LogP contribution in [0.25, 0.3) is 0 Å². The summed E-state index contributed by atoms with van der Waals surface area (Å²) >= 11 is 0. The van der Waals surface area contributed by atoms with E-state index in [4.69, 9.17) is 14.2 Å². The minimum atomic E-state index is -0.0940. The summed E-state index contributed by atoms with van der Waals surface area (Å²) in [6.07, 6.45) is 1.92. The molecule has 2 aromatic carbocycles. The molecule has 140 valence electrons. The van der Waals surface area contributed by atoms with Crippen molar-refractivity contribution in [3.05, 3.63) is 53.6 Å². The molecule has 27 heavy (non-hydrogen) atoms. The van der Waals surface area contributed by atoms with Crippen LogP contribution in [0.2, 0.25) is 0 Å². The lowest BCUT2D eigenvalue weighted by Crippen LogP contribution is -2.43. The van der Waals surface area contributed by atoms with E-state index in [2.05, 4.69) is 29.2 Å². The molecule has 0 atom stereocenters. The predicted octanol–water partition coefficient (Wildman–Crippen LogP) is 2.68. The van der Waals surface area contributed by atoms with Crippen molar-refractivity contribution in [2.45, 2.75) is 24.8 Å². The number of hydrogen-bond acceptors (Lipinski definition) is 6. The van der Waals surface area contributed by atoms with Gasteiger partial charge >= 0.3 is 0 Å². The summed E-state index contributed by atoms with van der Waals surface area (Å²) in [7, 11) is 0. The second-order valence-corrected chi connectivity index (χ2v) is 7.05. The minimum Gasteiger partial charge on any atom is -0.492 e. The fourth-order valence-electron chi connectivity index (χ4n) is 4.05. The highest BCUT2D eigenvalue weighted by atomic mass is 16.6. The first-order valence-corrected chi connectivity index (χ1v) is 9.02. The average Bonchev–Trinajstić information content (AvgIpc) is 3.03. The van der Waals surface area contributed by atoms with E-state index in [0.29, 0.717) is 25.3 Å². The summed E-state index contributed by atoms with van der Waals surface area (Å²) < 4.78 is 15.8. The largest absolute Gasteiger partial charge is 0.492 e. The molecule has 0 unspecified atom stereocenters. The van der Waals surface area contributed by atoms with Crippen LogP contribution in [0.1, 0.15) is 24.0 Å². The molecule has 0 bridgehead atoms. The van der Waals surface area contributed by atoms with E-state index in [9.17, 15) is 9.59 Å². The third kappa shape index (κ3) is 3.40. The van der Waals surface area contributed by atoms with Gasteiger partial charge in [-0.15, -0.1) is 0 Å². The summed E-state index contributed by atoms with van der Waals surface area (Å²) in [4.78, 5) is 24.0. The van der Waals surface area contributed by atoms with Gasteiger partial charge in [0.1, 0.15) is 5.75 Å². The molecule has 0 aliphatic carbocycles. The maximum atomic E-state index is 10.8. The number of benzene rings is 2. The molecule has 0 N–H and O–H groups in total. The molecule has 0 saturated carbocycles. The number of carbonyl (C=O) groups is 2.